The van der Waals surface area contributed by atoms with Crippen molar-refractivity contribution in [1.82, 2.24) is 15.0 Å². The largest absolute Gasteiger partial charge is 0.367 e. The van der Waals surface area contributed by atoms with Crippen molar-refractivity contribution >= 4 is 11.6 Å². The van der Waals surface area contributed by atoms with Crippen LogP contribution in [0.5, 0.6) is 0 Å². The molecule has 128 valence electrons. The summed E-state index contributed by atoms with van der Waals surface area (Å²) in [4.78, 5) is 13.5. The van der Waals surface area contributed by atoms with Crippen molar-refractivity contribution in [2.24, 2.45) is 0 Å². The van der Waals surface area contributed by atoms with Crippen LogP contribution in [0.1, 0.15) is 25.8 Å². The molecule has 0 aliphatic rings. The Kier molecular flexibility index (Phi) is 5.57. The molecule has 0 spiro atoms. The van der Waals surface area contributed by atoms with Crippen LogP contribution >= 0.6 is 0 Å². The van der Waals surface area contributed by atoms with E-state index in [0.717, 1.165) is 29.2 Å². The Bertz CT molecular complexity index is 790. The van der Waals surface area contributed by atoms with E-state index >= 15 is 0 Å². The number of hydrogen-bond acceptors (Lipinski definition) is 5. The SMILES string of the molecule is CCC(C)Nc1cc(NCc2cccnc2)nc(-c2ccccc2)n1. The van der Waals surface area contributed by atoms with Gasteiger partial charge in [-0.2, -0.15) is 0 Å². The predicted octanol–water partition coefficient (Wildman–Crippen LogP) is 4.36. The minimum Gasteiger partial charge on any atom is -0.367 e. The number of aromatic nitrogens is 3. The van der Waals surface area contributed by atoms with Crippen LogP contribution in [0.4, 0.5) is 11.6 Å². The smallest absolute Gasteiger partial charge is 0.163 e. The van der Waals surface area contributed by atoms with Crippen LogP contribution in [0.15, 0.2) is 60.9 Å². The molecular formula is C20H23N5. The topological polar surface area (TPSA) is 62.7 Å². The number of nitrogens with one attached hydrogen (secondary N) is 2. The molecule has 0 saturated carbocycles. The first-order chi connectivity index (χ1) is 12.2. The summed E-state index contributed by atoms with van der Waals surface area (Å²) >= 11 is 0. The fourth-order valence-electron chi connectivity index (χ4n) is 2.38. The van der Waals surface area contributed by atoms with Gasteiger partial charge in [-0.15, -0.1) is 0 Å². The van der Waals surface area contributed by atoms with E-state index in [4.69, 9.17) is 0 Å². The molecule has 2 N–H and O–H groups in total. The molecule has 3 aromatic rings. The van der Waals surface area contributed by atoms with Crippen LogP contribution in [-0.4, -0.2) is 21.0 Å². The molecule has 0 aliphatic heterocycles. The van der Waals surface area contributed by atoms with Crippen molar-refractivity contribution in [1.29, 1.82) is 0 Å². The fraction of sp³-hybridized carbons (Fsp3) is 0.250. The molecule has 0 aliphatic carbocycles. The lowest BCUT2D eigenvalue weighted by molar-refractivity contribution is 0.758. The van der Waals surface area contributed by atoms with Gasteiger partial charge in [0, 0.05) is 36.6 Å². The zero-order valence-corrected chi connectivity index (χ0v) is 14.6. The van der Waals surface area contributed by atoms with Gasteiger partial charge in [0.2, 0.25) is 0 Å². The van der Waals surface area contributed by atoms with E-state index < -0.39 is 0 Å². The zero-order chi connectivity index (χ0) is 17.5. The summed E-state index contributed by atoms with van der Waals surface area (Å²) in [6, 6.07) is 16.3. The average molecular weight is 333 g/mol. The Labute approximate surface area is 148 Å². The lowest BCUT2D eigenvalue weighted by Crippen LogP contribution is -2.15. The van der Waals surface area contributed by atoms with Crippen molar-refractivity contribution in [3.05, 3.63) is 66.5 Å². The molecular weight excluding hydrogens is 310 g/mol. The van der Waals surface area contributed by atoms with Crippen molar-refractivity contribution in [2.75, 3.05) is 10.6 Å². The fourth-order valence-corrected chi connectivity index (χ4v) is 2.38. The summed E-state index contributed by atoms with van der Waals surface area (Å²) in [6.07, 6.45) is 4.66. The molecule has 5 nitrogen and oxygen atoms in total. The molecule has 0 fully saturated rings. The second kappa shape index (κ2) is 8.24. The molecule has 2 aromatic heterocycles. The summed E-state index contributed by atoms with van der Waals surface area (Å²) in [6.45, 7) is 4.97. The molecule has 2 heterocycles. The average Bonchev–Trinajstić information content (AvgIpc) is 2.67. The number of rotatable bonds is 7. The first-order valence-electron chi connectivity index (χ1n) is 8.58. The zero-order valence-electron chi connectivity index (χ0n) is 14.6. The highest BCUT2D eigenvalue weighted by atomic mass is 15.1. The highest BCUT2D eigenvalue weighted by Gasteiger charge is 2.08. The normalized spacial score (nSPS) is 11.8. The van der Waals surface area contributed by atoms with Gasteiger partial charge in [0.05, 0.1) is 0 Å². The van der Waals surface area contributed by atoms with Gasteiger partial charge in [-0.3, -0.25) is 4.98 Å². The Morgan fingerprint density at radius 1 is 1.00 bits per heavy atom. The maximum absolute atomic E-state index is 4.67. The third-order valence-corrected chi connectivity index (χ3v) is 3.96. The first kappa shape index (κ1) is 16.9. The van der Waals surface area contributed by atoms with Gasteiger partial charge in [-0.25, -0.2) is 9.97 Å². The lowest BCUT2D eigenvalue weighted by Gasteiger charge is -2.15. The van der Waals surface area contributed by atoms with Crippen LogP contribution in [-0.2, 0) is 6.54 Å². The van der Waals surface area contributed by atoms with Gasteiger partial charge in [0.25, 0.3) is 0 Å². The molecule has 3 rings (SSSR count). The minimum absolute atomic E-state index is 0.352. The van der Waals surface area contributed by atoms with E-state index in [1.54, 1.807) is 6.20 Å². The quantitative estimate of drug-likeness (QED) is 0.672. The third kappa shape index (κ3) is 4.76. The molecule has 5 heteroatoms. The van der Waals surface area contributed by atoms with Crippen LogP contribution < -0.4 is 10.6 Å². The highest BCUT2D eigenvalue weighted by Crippen LogP contribution is 2.21. The van der Waals surface area contributed by atoms with Crippen molar-refractivity contribution in [3.8, 4) is 11.4 Å². The molecule has 0 saturated heterocycles. The Morgan fingerprint density at radius 2 is 1.80 bits per heavy atom. The maximum Gasteiger partial charge on any atom is 0.163 e. The first-order valence-corrected chi connectivity index (χ1v) is 8.58. The number of pyridine rings is 1. The standard InChI is InChI=1S/C20H23N5/c1-3-15(2)23-19-12-18(22-14-16-8-7-11-21-13-16)24-20(25-19)17-9-5-4-6-10-17/h4-13,15H,3,14H2,1-2H3,(H2,22,23,24,25). The number of nitrogens with zero attached hydrogens (tertiary/aromatic N) is 3. The van der Waals surface area contributed by atoms with E-state index in [1.807, 2.05) is 54.7 Å². The van der Waals surface area contributed by atoms with Gasteiger partial charge < -0.3 is 10.6 Å². The molecule has 25 heavy (non-hydrogen) atoms. The number of hydrogen-bond donors (Lipinski definition) is 2. The van der Waals surface area contributed by atoms with E-state index in [0.29, 0.717) is 18.4 Å². The lowest BCUT2D eigenvalue weighted by atomic mass is 10.2. The summed E-state index contributed by atoms with van der Waals surface area (Å²) in [5, 5.41) is 6.81. The number of anilines is 2. The minimum atomic E-state index is 0.352. The van der Waals surface area contributed by atoms with E-state index in [1.165, 1.54) is 0 Å². The Balaban J connectivity index is 1.86. The van der Waals surface area contributed by atoms with Gasteiger partial charge in [-0.1, -0.05) is 43.3 Å². The number of benzene rings is 1. The summed E-state index contributed by atoms with van der Waals surface area (Å²) in [5.74, 6) is 2.34. The second-order valence-electron chi connectivity index (χ2n) is 6.00. The summed E-state index contributed by atoms with van der Waals surface area (Å²) in [7, 11) is 0. The van der Waals surface area contributed by atoms with Crippen LogP contribution in [0.2, 0.25) is 0 Å². The molecule has 0 radical (unpaired) electrons. The van der Waals surface area contributed by atoms with Crippen molar-refractivity contribution in [3.63, 3.8) is 0 Å². The predicted molar refractivity (Wildman–Crippen MR) is 102 cm³/mol. The van der Waals surface area contributed by atoms with Crippen LogP contribution in [0.25, 0.3) is 11.4 Å². The monoisotopic (exact) mass is 333 g/mol. The summed E-state index contributed by atoms with van der Waals surface area (Å²) in [5.41, 5.74) is 2.11. The maximum atomic E-state index is 4.67. The van der Waals surface area contributed by atoms with E-state index in [9.17, 15) is 0 Å². The van der Waals surface area contributed by atoms with Crippen molar-refractivity contribution < 1.29 is 0 Å². The van der Waals surface area contributed by atoms with Crippen LogP contribution in [0.3, 0.4) is 0 Å². The van der Waals surface area contributed by atoms with E-state index in [-0.39, 0.29) is 0 Å². The molecule has 1 atom stereocenters. The molecule has 0 amide bonds. The highest BCUT2D eigenvalue weighted by molar-refractivity contribution is 5.61. The van der Waals surface area contributed by atoms with Gasteiger partial charge in [0.15, 0.2) is 5.82 Å². The van der Waals surface area contributed by atoms with Gasteiger partial charge in [-0.05, 0) is 25.0 Å². The van der Waals surface area contributed by atoms with E-state index in [2.05, 4.69) is 39.4 Å². The molecule has 1 unspecified atom stereocenters. The van der Waals surface area contributed by atoms with Gasteiger partial charge >= 0.3 is 0 Å². The second-order valence-corrected chi connectivity index (χ2v) is 6.00. The molecule has 1 aromatic carbocycles. The molecule has 0 bridgehead atoms. The van der Waals surface area contributed by atoms with Crippen molar-refractivity contribution in [2.45, 2.75) is 32.9 Å². The summed E-state index contributed by atoms with van der Waals surface area (Å²) < 4.78 is 0. The van der Waals surface area contributed by atoms with Crippen LogP contribution in [0, 0.1) is 0 Å². The Hall–Kier alpha value is -2.95. The van der Waals surface area contributed by atoms with Gasteiger partial charge in [0.1, 0.15) is 11.6 Å². The Morgan fingerprint density at radius 3 is 2.52 bits per heavy atom. The third-order valence-electron chi connectivity index (χ3n) is 3.96.